The minimum absolute atomic E-state index is 0.285. The van der Waals surface area contributed by atoms with Crippen LogP contribution in [0.5, 0.6) is 34.5 Å². The van der Waals surface area contributed by atoms with Crippen LogP contribution in [0.15, 0.2) is 97.1 Å². The molecule has 52 heavy (non-hydrogen) atoms. The Morgan fingerprint density at radius 3 is 0.769 bits per heavy atom. The van der Waals surface area contributed by atoms with E-state index in [-0.39, 0.29) is 23.9 Å². The molecule has 0 unspecified atom stereocenters. The van der Waals surface area contributed by atoms with Crippen LogP contribution in [0.2, 0.25) is 0 Å². The largest absolute Gasteiger partial charge is 0.497 e. The highest BCUT2D eigenvalue weighted by Gasteiger charge is 2.10. The number of carbonyl (C=O) groups is 4. The number of hydrogen-bond acceptors (Lipinski definition) is 10. The fourth-order valence-corrected chi connectivity index (χ4v) is 5.23. The van der Waals surface area contributed by atoms with Gasteiger partial charge in [0, 0.05) is 25.7 Å². The number of methoxy groups -OCH3 is 2. The van der Waals surface area contributed by atoms with Crippen molar-refractivity contribution in [1.82, 2.24) is 0 Å². The van der Waals surface area contributed by atoms with Gasteiger partial charge in [-0.25, -0.2) is 0 Å². The molecule has 0 saturated carbocycles. The lowest BCUT2D eigenvalue weighted by atomic mass is 10.1. The van der Waals surface area contributed by atoms with Crippen molar-refractivity contribution in [1.29, 1.82) is 0 Å². The van der Waals surface area contributed by atoms with Crippen molar-refractivity contribution < 1.29 is 47.6 Å². The summed E-state index contributed by atoms with van der Waals surface area (Å²) >= 11 is 0. The van der Waals surface area contributed by atoms with Crippen LogP contribution in [-0.4, -0.2) is 38.1 Å². The van der Waals surface area contributed by atoms with E-state index in [1.54, 1.807) is 87.0 Å². The second-order valence-electron chi connectivity index (χ2n) is 12.1. The molecule has 0 aliphatic carbocycles. The van der Waals surface area contributed by atoms with E-state index < -0.39 is 0 Å². The average Bonchev–Trinajstić information content (AvgIpc) is 3.15. The Morgan fingerprint density at radius 1 is 0.327 bits per heavy atom. The summed E-state index contributed by atoms with van der Waals surface area (Å²) in [4.78, 5) is 48.7. The molecule has 0 bridgehead atoms. The third-order valence-corrected chi connectivity index (χ3v) is 8.11. The zero-order chi connectivity index (χ0) is 37.0. The van der Waals surface area contributed by atoms with Gasteiger partial charge in [-0.3, -0.25) is 19.2 Å². The molecule has 0 atom stereocenters. The molecule has 0 fully saturated rings. The molecule has 0 aliphatic heterocycles. The summed E-state index contributed by atoms with van der Waals surface area (Å²) in [6.07, 6.45) is 7.16. The standard InChI is InChI=1S/C42H46O10/c1-47-33-23-27-37(28-24-33)51-41(45)13-9-5-3-7-11-39(43)49-35-19-15-31(16-20-35)32-17-21-36(22-18-32)50-40(44)12-8-4-6-10-14-42(46)52-38-29-25-34(48-2)26-30-38/h15-30H,3-14H2,1-2H3. The van der Waals surface area contributed by atoms with E-state index in [2.05, 4.69) is 0 Å². The molecule has 0 saturated heterocycles. The van der Waals surface area contributed by atoms with E-state index in [0.29, 0.717) is 85.9 Å². The van der Waals surface area contributed by atoms with Crippen molar-refractivity contribution in [3.8, 4) is 45.6 Å². The molecule has 0 spiro atoms. The summed E-state index contributed by atoms with van der Waals surface area (Å²) in [6.45, 7) is 0. The third-order valence-electron chi connectivity index (χ3n) is 8.11. The Bertz CT molecular complexity index is 1570. The fourth-order valence-electron chi connectivity index (χ4n) is 5.23. The van der Waals surface area contributed by atoms with Gasteiger partial charge >= 0.3 is 23.9 Å². The zero-order valence-corrected chi connectivity index (χ0v) is 29.8. The summed E-state index contributed by atoms with van der Waals surface area (Å²) in [6, 6.07) is 28.2. The zero-order valence-electron chi connectivity index (χ0n) is 29.8. The Hall–Kier alpha value is -5.64. The Kier molecular flexibility index (Phi) is 16.2. The Morgan fingerprint density at radius 2 is 0.538 bits per heavy atom. The van der Waals surface area contributed by atoms with E-state index in [1.807, 2.05) is 24.3 Å². The van der Waals surface area contributed by atoms with Crippen LogP contribution in [0.4, 0.5) is 0 Å². The quantitative estimate of drug-likeness (QED) is 0.0470. The molecule has 0 aromatic heterocycles. The summed E-state index contributed by atoms with van der Waals surface area (Å²) < 4.78 is 31.8. The lowest BCUT2D eigenvalue weighted by Gasteiger charge is -2.08. The molecule has 274 valence electrons. The van der Waals surface area contributed by atoms with Gasteiger partial charge in [0.05, 0.1) is 14.2 Å². The van der Waals surface area contributed by atoms with Gasteiger partial charge in [-0.05, 0) is 110 Å². The number of benzene rings is 4. The number of rotatable bonds is 21. The van der Waals surface area contributed by atoms with Crippen LogP contribution < -0.4 is 28.4 Å². The van der Waals surface area contributed by atoms with Crippen molar-refractivity contribution in [2.24, 2.45) is 0 Å². The Labute approximate surface area is 304 Å². The topological polar surface area (TPSA) is 124 Å². The Balaban J connectivity index is 1.04. The van der Waals surface area contributed by atoms with Crippen molar-refractivity contribution in [3.63, 3.8) is 0 Å². The van der Waals surface area contributed by atoms with Gasteiger partial charge in [-0.1, -0.05) is 49.9 Å². The highest BCUT2D eigenvalue weighted by molar-refractivity contribution is 5.75. The van der Waals surface area contributed by atoms with Gasteiger partial charge in [-0.2, -0.15) is 0 Å². The third kappa shape index (κ3) is 14.3. The van der Waals surface area contributed by atoms with Gasteiger partial charge in [0.15, 0.2) is 0 Å². The maximum absolute atomic E-state index is 12.3. The molecule has 0 radical (unpaired) electrons. The predicted octanol–water partition coefficient (Wildman–Crippen LogP) is 9.07. The molecular formula is C42H46O10. The van der Waals surface area contributed by atoms with Crippen LogP contribution >= 0.6 is 0 Å². The first-order chi connectivity index (χ1) is 25.3. The first kappa shape index (κ1) is 39.2. The predicted molar refractivity (Wildman–Crippen MR) is 196 cm³/mol. The van der Waals surface area contributed by atoms with E-state index in [0.717, 1.165) is 36.8 Å². The molecule has 0 amide bonds. The number of esters is 4. The van der Waals surface area contributed by atoms with Crippen molar-refractivity contribution >= 4 is 23.9 Å². The molecule has 10 nitrogen and oxygen atoms in total. The van der Waals surface area contributed by atoms with Gasteiger partial charge in [0.2, 0.25) is 0 Å². The smallest absolute Gasteiger partial charge is 0.311 e. The summed E-state index contributed by atoms with van der Waals surface area (Å²) in [5.74, 6) is 2.12. The molecule has 4 rings (SSSR count). The molecule has 0 aliphatic rings. The van der Waals surface area contributed by atoms with E-state index in [9.17, 15) is 19.2 Å². The summed E-state index contributed by atoms with van der Waals surface area (Å²) in [5, 5.41) is 0. The van der Waals surface area contributed by atoms with E-state index in [1.165, 1.54) is 0 Å². The molecule has 4 aromatic carbocycles. The SMILES string of the molecule is COc1ccc(OC(=O)CCCCCCC(=O)Oc2ccc(-c3ccc(OC(=O)CCCCCCC(=O)Oc4ccc(OC)cc4)cc3)cc2)cc1. The molecule has 4 aromatic rings. The van der Waals surface area contributed by atoms with Crippen LogP contribution in [0.1, 0.15) is 77.0 Å². The lowest BCUT2D eigenvalue weighted by molar-refractivity contribution is -0.135. The normalized spacial score (nSPS) is 10.6. The number of ether oxygens (including phenoxy) is 6. The second kappa shape index (κ2) is 21.5. The first-order valence-corrected chi connectivity index (χ1v) is 17.6. The van der Waals surface area contributed by atoms with Crippen molar-refractivity contribution in [3.05, 3.63) is 97.1 Å². The average molecular weight is 711 g/mol. The highest BCUT2D eigenvalue weighted by Crippen LogP contribution is 2.26. The van der Waals surface area contributed by atoms with Crippen molar-refractivity contribution in [2.75, 3.05) is 14.2 Å². The van der Waals surface area contributed by atoms with Crippen LogP contribution in [0.25, 0.3) is 11.1 Å². The maximum atomic E-state index is 12.3. The number of carbonyl (C=O) groups excluding carboxylic acids is 4. The molecule has 0 heterocycles. The second-order valence-corrected chi connectivity index (χ2v) is 12.1. The van der Waals surface area contributed by atoms with Gasteiger partial charge in [-0.15, -0.1) is 0 Å². The van der Waals surface area contributed by atoms with Crippen LogP contribution in [0, 0.1) is 0 Å². The maximum Gasteiger partial charge on any atom is 0.311 e. The van der Waals surface area contributed by atoms with Gasteiger partial charge < -0.3 is 28.4 Å². The molecule has 0 N–H and O–H groups in total. The van der Waals surface area contributed by atoms with Crippen molar-refractivity contribution in [2.45, 2.75) is 77.0 Å². The van der Waals surface area contributed by atoms with Crippen LogP contribution in [0.3, 0.4) is 0 Å². The lowest BCUT2D eigenvalue weighted by Crippen LogP contribution is -2.08. The van der Waals surface area contributed by atoms with Gasteiger partial charge in [0.25, 0.3) is 0 Å². The van der Waals surface area contributed by atoms with E-state index >= 15 is 0 Å². The minimum atomic E-state index is -0.303. The highest BCUT2D eigenvalue weighted by atomic mass is 16.5. The molecular weight excluding hydrogens is 664 g/mol. The monoisotopic (exact) mass is 710 g/mol. The molecule has 10 heteroatoms. The minimum Gasteiger partial charge on any atom is -0.497 e. The summed E-state index contributed by atoms with van der Waals surface area (Å²) in [5.41, 5.74) is 1.85. The summed E-state index contributed by atoms with van der Waals surface area (Å²) in [7, 11) is 3.15. The van der Waals surface area contributed by atoms with Gasteiger partial charge in [0.1, 0.15) is 34.5 Å². The van der Waals surface area contributed by atoms with Crippen LogP contribution in [-0.2, 0) is 19.2 Å². The fraction of sp³-hybridized carbons (Fsp3) is 0.333. The van der Waals surface area contributed by atoms with E-state index in [4.69, 9.17) is 28.4 Å². The number of unbranched alkanes of at least 4 members (excludes halogenated alkanes) is 6. The first-order valence-electron chi connectivity index (χ1n) is 17.6. The number of hydrogen-bond donors (Lipinski definition) is 0.